The minimum absolute atomic E-state index is 0.837. The molecule has 0 radical (unpaired) electrons. The van der Waals surface area contributed by atoms with Crippen molar-refractivity contribution in [2.24, 2.45) is 0 Å². The van der Waals surface area contributed by atoms with Crippen molar-refractivity contribution in [3.63, 3.8) is 0 Å². The molecular formula is C36H38O2S6. The molecule has 0 saturated carbocycles. The summed E-state index contributed by atoms with van der Waals surface area (Å²) >= 11 is 11.8. The van der Waals surface area contributed by atoms with E-state index in [2.05, 4.69) is 62.4 Å². The van der Waals surface area contributed by atoms with Gasteiger partial charge in [0, 0.05) is 81.1 Å². The Balaban J connectivity index is 1.06. The first-order chi connectivity index (χ1) is 21.7. The maximum atomic E-state index is 5.78. The lowest BCUT2D eigenvalue weighted by Gasteiger charge is -2.13. The first-order valence-electron chi connectivity index (χ1n) is 15.8. The van der Waals surface area contributed by atoms with E-state index in [1.165, 1.54) is 81.8 Å². The number of ether oxygens (including phenoxy) is 2. The second kappa shape index (κ2) is 14.5. The quantitative estimate of drug-likeness (QED) is 0.0997. The van der Waals surface area contributed by atoms with E-state index in [1.807, 2.05) is 68.4 Å². The van der Waals surface area contributed by atoms with Gasteiger partial charge in [-0.25, -0.2) is 0 Å². The third-order valence-corrected chi connectivity index (χ3v) is 15.4. The van der Waals surface area contributed by atoms with E-state index in [0.717, 1.165) is 64.3 Å². The molecule has 0 unspecified atom stereocenters. The van der Waals surface area contributed by atoms with Crippen LogP contribution in [0.15, 0.2) is 53.5 Å². The number of hydrogen-bond donors (Lipinski definition) is 0. The number of thioether (sulfide) groups is 1. The number of thiophene rings is 5. The van der Waals surface area contributed by atoms with Crippen LogP contribution in [0.2, 0.25) is 0 Å². The van der Waals surface area contributed by atoms with E-state index in [1.54, 1.807) is 0 Å². The Labute approximate surface area is 284 Å². The molecule has 44 heavy (non-hydrogen) atoms. The zero-order valence-corrected chi connectivity index (χ0v) is 30.3. The van der Waals surface area contributed by atoms with Gasteiger partial charge in [-0.3, -0.25) is 0 Å². The summed E-state index contributed by atoms with van der Waals surface area (Å²) in [4.78, 5) is 7.13. The van der Waals surface area contributed by atoms with Crippen LogP contribution < -0.4 is 0 Å². The average Bonchev–Trinajstić information content (AvgIpc) is 3.85. The summed E-state index contributed by atoms with van der Waals surface area (Å²) in [5.41, 5.74) is 1.45. The Bertz CT molecular complexity index is 1940. The largest absolute Gasteiger partial charge is 0.381 e. The highest BCUT2D eigenvalue weighted by molar-refractivity contribution is 8.03. The van der Waals surface area contributed by atoms with Crippen molar-refractivity contribution in [2.75, 3.05) is 32.2 Å². The Kier molecular flexibility index (Phi) is 10.3. The second-order valence-electron chi connectivity index (χ2n) is 11.3. The molecule has 6 heterocycles. The van der Waals surface area contributed by atoms with Gasteiger partial charge in [-0.2, -0.15) is 0 Å². The van der Waals surface area contributed by atoms with Gasteiger partial charge in [0.2, 0.25) is 0 Å². The van der Waals surface area contributed by atoms with Gasteiger partial charge in [-0.1, -0.05) is 38.8 Å². The number of rotatable bonds is 15. The molecular weight excluding hydrogens is 657 g/mol. The molecule has 1 aliphatic rings. The second-order valence-corrected chi connectivity index (χ2v) is 17.9. The highest BCUT2D eigenvalue weighted by atomic mass is 32.2. The van der Waals surface area contributed by atoms with Crippen LogP contribution in [0.25, 0.3) is 54.3 Å². The fraction of sp³-hybridized carbons (Fsp3) is 0.389. The predicted molar refractivity (Wildman–Crippen MR) is 204 cm³/mol. The fourth-order valence-corrected chi connectivity index (χ4v) is 12.8. The molecule has 7 rings (SSSR count). The highest BCUT2D eigenvalue weighted by Crippen LogP contribution is 2.49. The molecule has 6 aromatic rings. The summed E-state index contributed by atoms with van der Waals surface area (Å²) in [6.07, 6.45) is 12.6. The van der Waals surface area contributed by atoms with E-state index in [-0.39, 0.29) is 0 Å². The average molecular weight is 695 g/mol. The van der Waals surface area contributed by atoms with Crippen molar-refractivity contribution in [1.29, 1.82) is 0 Å². The van der Waals surface area contributed by atoms with E-state index in [9.17, 15) is 0 Å². The van der Waals surface area contributed by atoms with Crippen LogP contribution >= 0.6 is 68.4 Å². The summed E-state index contributed by atoms with van der Waals surface area (Å²) in [7, 11) is 0. The Morgan fingerprint density at radius 3 is 1.93 bits per heavy atom. The van der Waals surface area contributed by atoms with E-state index in [4.69, 9.17) is 9.47 Å². The molecule has 0 amide bonds. The van der Waals surface area contributed by atoms with Crippen molar-refractivity contribution >= 4 is 113 Å². The van der Waals surface area contributed by atoms with Crippen molar-refractivity contribution in [1.82, 2.24) is 0 Å². The van der Waals surface area contributed by atoms with E-state index >= 15 is 0 Å². The van der Waals surface area contributed by atoms with Crippen LogP contribution in [0.5, 0.6) is 0 Å². The van der Waals surface area contributed by atoms with Crippen LogP contribution in [-0.2, 0) is 15.9 Å². The predicted octanol–water partition coefficient (Wildman–Crippen LogP) is 13.2. The van der Waals surface area contributed by atoms with Crippen LogP contribution in [0.3, 0.4) is 0 Å². The van der Waals surface area contributed by atoms with Gasteiger partial charge < -0.3 is 9.47 Å². The molecule has 1 aliphatic heterocycles. The van der Waals surface area contributed by atoms with Gasteiger partial charge in [0.05, 0.1) is 16.0 Å². The number of hydrogen-bond acceptors (Lipinski definition) is 8. The topological polar surface area (TPSA) is 18.5 Å². The third-order valence-electron chi connectivity index (χ3n) is 8.00. The normalized spacial score (nSPS) is 14.0. The lowest BCUT2D eigenvalue weighted by atomic mass is 10.2. The maximum Gasteiger partial charge on any atom is 0.0536 e. The van der Waals surface area contributed by atoms with Crippen molar-refractivity contribution in [2.45, 2.75) is 58.8 Å². The zero-order chi connectivity index (χ0) is 29.9. The number of benzene rings is 1. The number of allylic oxidation sites excluding steroid dienone is 2. The molecule has 2 nitrogen and oxygen atoms in total. The SMILES string of the molecule is CCCCOCCCc1ccc(-c2cc3sc4cc5c(cc4c3s2)sc2cc(C3=CC=C(CCOCCCC)SC3)sc25)s1. The standard InChI is InChI=1S/C36H38O2S6/c1-3-5-14-37-16-7-8-25-11-12-28(40-25)32-21-34-36(44-32)27-19-30-26(18-31(27)42-34)35-33(41-30)20-29(43-35)23-9-10-24(39-22-23)13-17-38-15-6-4-2/h9-12,18-21H,3-8,13-17,22H2,1-2H3. The Morgan fingerprint density at radius 2 is 1.25 bits per heavy atom. The van der Waals surface area contributed by atoms with Gasteiger partial charge in [-0.15, -0.1) is 68.4 Å². The number of unbranched alkanes of at least 4 members (excludes halogenated alkanes) is 2. The summed E-state index contributed by atoms with van der Waals surface area (Å²) < 4.78 is 20.1. The first-order valence-corrected chi connectivity index (χ1v) is 20.9. The Morgan fingerprint density at radius 1 is 0.591 bits per heavy atom. The van der Waals surface area contributed by atoms with Gasteiger partial charge in [-0.05, 0) is 72.6 Å². The van der Waals surface area contributed by atoms with Crippen molar-refractivity contribution in [3.8, 4) is 9.75 Å². The van der Waals surface area contributed by atoms with Crippen molar-refractivity contribution in [3.05, 3.63) is 63.2 Å². The molecule has 5 aromatic heterocycles. The lowest BCUT2D eigenvalue weighted by Crippen LogP contribution is -1.99. The molecule has 230 valence electrons. The number of fused-ring (bicyclic) bond motifs is 6. The minimum atomic E-state index is 0.837. The van der Waals surface area contributed by atoms with Gasteiger partial charge in [0.15, 0.2) is 0 Å². The molecule has 0 aliphatic carbocycles. The van der Waals surface area contributed by atoms with E-state index < -0.39 is 0 Å². The number of aryl methyl sites for hydroxylation is 1. The van der Waals surface area contributed by atoms with Crippen LogP contribution in [-0.4, -0.2) is 32.2 Å². The summed E-state index contributed by atoms with van der Waals surface area (Å²) in [5, 5.41) is 2.85. The molecule has 8 heteroatoms. The molecule has 0 fully saturated rings. The van der Waals surface area contributed by atoms with E-state index in [0.29, 0.717) is 0 Å². The molecule has 1 aromatic carbocycles. The molecule has 0 atom stereocenters. The van der Waals surface area contributed by atoms with Gasteiger partial charge in [0.1, 0.15) is 0 Å². The van der Waals surface area contributed by atoms with Gasteiger partial charge >= 0.3 is 0 Å². The van der Waals surface area contributed by atoms with Gasteiger partial charge in [0.25, 0.3) is 0 Å². The molecule has 0 bridgehead atoms. The van der Waals surface area contributed by atoms with Crippen LogP contribution in [0.4, 0.5) is 0 Å². The maximum absolute atomic E-state index is 5.78. The molecule has 0 N–H and O–H groups in total. The summed E-state index contributed by atoms with van der Waals surface area (Å²) in [6, 6.07) is 14.4. The Hall–Kier alpha value is -1.49. The molecule has 0 saturated heterocycles. The highest BCUT2D eigenvalue weighted by Gasteiger charge is 2.18. The van der Waals surface area contributed by atoms with Crippen molar-refractivity contribution < 1.29 is 9.47 Å². The van der Waals surface area contributed by atoms with Crippen LogP contribution in [0.1, 0.15) is 62.1 Å². The smallest absolute Gasteiger partial charge is 0.0536 e. The lowest BCUT2D eigenvalue weighted by molar-refractivity contribution is 0.129. The fourth-order valence-electron chi connectivity index (χ4n) is 5.51. The first kappa shape index (κ1) is 31.1. The monoisotopic (exact) mass is 694 g/mol. The zero-order valence-electron chi connectivity index (χ0n) is 25.4. The summed E-state index contributed by atoms with van der Waals surface area (Å²) in [6.45, 7) is 7.91. The molecule has 0 spiro atoms. The summed E-state index contributed by atoms with van der Waals surface area (Å²) in [5.74, 6) is 1.06. The third kappa shape index (κ3) is 6.79. The minimum Gasteiger partial charge on any atom is -0.381 e. The van der Waals surface area contributed by atoms with Crippen LogP contribution in [0, 0.1) is 0 Å².